The molecule has 0 saturated heterocycles. The van der Waals surface area contributed by atoms with Crippen LogP contribution in [0.5, 0.6) is 17.2 Å². The molecule has 5 heteroatoms. The van der Waals surface area contributed by atoms with Gasteiger partial charge in [0.2, 0.25) is 0 Å². The third-order valence-corrected chi connectivity index (χ3v) is 2.56. The molecule has 1 aromatic carbocycles. The summed E-state index contributed by atoms with van der Waals surface area (Å²) in [5, 5.41) is 18.4. The highest BCUT2D eigenvalue weighted by atomic mass is 16.5. The predicted molar refractivity (Wildman–Crippen MR) is 59.7 cm³/mol. The number of rotatable bonds is 3. The molecule has 0 radical (unpaired) electrons. The van der Waals surface area contributed by atoms with E-state index in [1.54, 1.807) is 6.07 Å². The lowest BCUT2D eigenvalue weighted by Gasteiger charge is -2.10. The maximum absolute atomic E-state index is 10.5. The van der Waals surface area contributed by atoms with Crippen molar-refractivity contribution >= 4 is 5.97 Å². The van der Waals surface area contributed by atoms with Gasteiger partial charge in [-0.2, -0.15) is 0 Å². The number of ether oxygens (including phenoxy) is 2. The van der Waals surface area contributed by atoms with Gasteiger partial charge < -0.3 is 19.7 Å². The molecule has 2 rings (SSSR count). The fraction of sp³-hybridized carbons (Fsp3) is 0.417. The summed E-state index contributed by atoms with van der Waals surface area (Å²) in [6.45, 7) is 1.12. The van der Waals surface area contributed by atoms with E-state index in [-0.39, 0.29) is 18.6 Å². The van der Waals surface area contributed by atoms with E-state index in [1.165, 1.54) is 6.07 Å². The molecule has 1 heterocycles. The molecule has 1 aliphatic heterocycles. The van der Waals surface area contributed by atoms with Crippen LogP contribution in [-0.4, -0.2) is 29.4 Å². The lowest BCUT2D eigenvalue weighted by atomic mass is 10.1. The van der Waals surface area contributed by atoms with Gasteiger partial charge >= 0.3 is 5.97 Å². The number of hydrogen-bond donors (Lipinski definition) is 2. The molecule has 0 bridgehead atoms. The topological polar surface area (TPSA) is 76.0 Å². The van der Waals surface area contributed by atoms with Crippen LogP contribution in [0.1, 0.15) is 18.4 Å². The summed E-state index contributed by atoms with van der Waals surface area (Å²) in [5.74, 6) is 0.242. The van der Waals surface area contributed by atoms with Crippen molar-refractivity contribution in [3.63, 3.8) is 0 Å². The van der Waals surface area contributed by atoms with Crippen LogP contribution in [0.25, 0.3) is 0 Å². The molecule has 0 amide bonds. The molecule has 0 atom stereocenters. The first-order valence-corrected chi connectivity index (χ1v) is 5.50. The minimum atomic E-state index is -0.892. The lowest BCUT2D eigenvalue weighted by molar-refractivity contribution is -0.136. The normalized spacial score (nSPS) is 14.1. The van der Waals surface area contributed by atoms with Gasteiger partial charge in [-0.05, 0) is 18.1 Å². The number of fused-ring (bicyclic) bond motifs is 1. The Bertz CT molecular complexity index is 427. The van der Waals surface area contributed by atoms with Crippen LogP contribution in [0.2, 0.25) is 0 Å². The van der Waals surface area contributed by atoms with Crippen molar-refractivity contribution in [2.24, 2.45) is 0 Å². The first kappa shape index (κ1) is 11.6. The fourth-order valence-corrected chi connectivity index (χ4v) is 1.68. The van der Waals surface area contributed by atoms with Gasteiger partial charge in [-0.15, -0.1) is 0 Å². The summed E-state index contributed by atoms with van der Waals surface area (Å²) >= 11 is 0. The van der Waals surface area contributed by atoms with Gasteiger partial charge in [0.1, 0.15) is 5.75 Å². The molecule has 0 aromatic heterocycles. The quantitative estimate of drug-likeness (QED) is 0.835. The number of carboxylic acids is 1. The van der Waals surface area contributed by atoms with E-state index >= 15 is 0 Å². The average Bonchev–Trinajstić information content (AvgIpc) is 2.50. The molecule has 0 unspecified atom stereocenters. The van der Waals surface area contributed by atoms with E-state index in [2.05, 4.69) is 0 Å². The van der Waals surface area contributed by atoms with Crippen LogP contribution < -0.4 is 9.47 Å². The Hall–Kier alpha value is -1.91. The summed E-state index contributed by atoms with van der Waals surface area (Å²) in [6.07, 6.45) is 1.05. The van der Waals surface area contributed by atoms with E-state index in [9.17, 15) is 9.90 Å². The van der Waals surface area contributed by atoms with Crippen LogP contribution in [-0.2, 0) is 11.2 Å². The van der Waals surface area contributed by atoms with E-state index in [4.69, 9.17) is 14.6 Å². The second-order valence-corrected chi connectivity index (χ2v) is 3.87. The van der Waals surface area contributed by atoms with Gasteiger partial charge in [0.05, 0.1) is 13.2 Å². The Morgan fingerprint density at radius 1 is 1.24 bits per heavy atom. The molecule has 0 aliphatic carbocycles. The standard InChI is InChI=1S/C12H14O5/c13-9-7-11-10(16-4-1-5-17-11)6-8(9)2-3-12(14)15/h6-7,13H,1-5H2,(H,14,15). The van der Waals surface area contributed by atoms with Crippen LogP contribution in [0, 0.1) is 0 Å². The molecule has 0 spiro atoms. The molecular weight excluding hydrogens is 224 g/mol. The highest BCUT2D eigenvalue weighted by molar-refractivity contribution is 5.67. The zero-order chi connectivity index (χ0) is 12.3. The minimum Gasteiger partial charge on any atom is -0.508 e. The second kappa shape index (κ2) is 4.95. The van der Waals surface area contributed by atoms with Crippen molar-refractivity contribution in [3.05, 3.63) is 17.7 Å². The summed E-state index contributed by atoms with van der Waals surface area (Å²) < 4.78 is 10.9. The smallest absolute Gasteiger partial charge is 0.303 e. The Morgan fingerprint density at radius 3 is 2.53 bits per heavy atom. The lowest BCUT2D eigenvalue weighted by Crippen LogP contribution is -1.99. The first-order valence-electron chi connectivity index (χ1n) is 5.50. The summed E-state index contributed by atoms with van der Waals surface area (Å²) in [6, 6.07) is 3.14. The molecule has 17 heavy (non-hydrogen) atoms. The van der Waals surface area contributed by atoms with Crippen molar-refractivity contribution in [2.75, 3.05) is 13.2 Å². The molecule has 0 saturated carbocycles. The van der Waals surface area contributed by atoms with E-state index in [0.717, 1.165) is 6.42 Å². The fourth-order valence-electron chi connectivity index (χ4n) is 1.68. The van der Waals surface area contributed by atoms with Crippen LogP contribution in [0.15, 0.2) is 12.1 Å². The Morgan fingerprint density at radius 2 is 1.88 bits per heavy atom. The average molecular weight is 238 g/mol. The van der Waals surface area contributed by atoms with E-state index < -0.39 is 5.97 Å². The second-order valence-electron chi connectivity index (χ2n) is 3.87. The van der Waals surface area contributed by atoms with Crippen LogP contribution in [0.3, 0.4) is 0 Å². The number of hydrogen-bond acceptors (Lipinski definition) is 4. The maximum atomic E-state index is 10.5. The van der Waals surface area contributed by atoms with Gasteiger partial charge in [-0.25, -0.2) is 0 Å². The van der Waals surface area contributed by atoms with Gasteiger partial charge in [0.15, 0.2) is 11.5 Å². The summed E-state index contributed by atoms with van der Waals surface area (Å²) in [4.78, 5) is 10.5. The third-order valence-electron chi connectivity index (χ3n) is 2.56. The van der Waals surface area contributed by atoms with Gasteiger partial charge in [-0.3, -0.25) is 4.79 Å². The summed E-state index contributed by atoms with van der Waals surface area (Å²) in [7, 11) is 0. The van der Waals surface area contributed by atoms with Crippen LogP contribution >= 0.6 is 0 Å². The molecule has 1 aromatic rings. The number of benzene rings is 1. The van der Waals surface area contributed by atoms with Crippen LogP contribution in [0.4, 0.5) is 0 Å². The summed E-state index contributed by atoms with van der Waals surface area (Å²) in [5.41, 5.74) is 0.566. The highest BCUT2D eigenvalue weighted by Crippen LogP contribution is 2.36. The van der Waals surface area contributed by atoms with Crippen molar-refractivity contribution in [1.29, 1.82) is 0 Å². The highest BCUT2D eigenvalue weighted by Gasteiger charge is 2.15. The number of carboxylic acid groups (broad SMARTS) is 1. The van der Waals surface area contributed by atoms with Crippen molar-refractivity contribution < 1.29 is 24.5 Å². The number of carbonyl (C=O) groups is 1. The van der Waals surface area contributed by atoms with Crippen molar-refractivity contribution in [3.8, 4) is 17.2 Å². The Kier molecular flexibility index (Phi) is 3.37. The monoisotopic (exact) mass is 238 g/mol. The molecule has 92 valence electrons. The van der Waals surface area contributed by atoms with Gasteiger partial charge in [-0.1, -0.05) is 0 Å². The van der Waals surface area contributed by atoms with Crippen molar-refractivity contribution in [1.82, 2.24) is 0 Å². The zero-order valence-electron chi connectivity index (χ0n) is 9.31. The zero-order valence-corrected chi connectivity index (χ0v) is 9.31. The van der Waals surface area contributed by atoms with E-state index in [0.29, 0.717) is 30.3 Å². The molecule has 1 aliphatic rings. The predicted octanol–water partition coefficient (Wildman–Crippen LogP) is 1.57. The maximum Gasteiger partial charge on any atom is 0.303 e. The number of aryl methyl sites for hydroxylation is 1. The number of phenols is 1. The SMILES string of the molecule is O=C(O)CCc1cc2c(cc1O)OCCCO2. The Balaban J connectivity index is 2.22. The number of aromatic hydroxyl groups is 1. The molecular formula is C12H14O5. The molecule has 0 fully saturated rings. The number of phenolic OH excluding ortho intramolecular Hbond substituents is 1. The Labute approximate surface area is 98.6 Å². The van der Waals surface area contributed by atoms with E-state index in [1.807, 2.05) is 0 Å². The first-order chi connectivity index (χ1) is 8.16. The van der Waals surface area contributed by atoms with Crippen molar-refractivity contribution in [2.45, 2.75) is 19.3 Å². The van der Waals surface area contributed by atoms with Gasteiger partial charge in [0.25, 0.3) is 0 Å². The largest absolute Gasteiger partial charge is 0.508 e. The van der Waals surface area contributed by atoms with Gasteiger partial charge in [0, 0.05) is 18.9 Å². The molecule has 2 N–H and O–H groups in total. The number of aliphatic carboxylic acids is 1. The third kappa shape index (κ3) is 2.81. The minimum absolute atomic E-state index is 0.0206. The molecule has 5 nitrogen and oxygen atoms in total.